The van der Waals surface area contributed by atoms with Gasteiger partial charge >= 0.3 is 5.97 Å². The van der Waals surface area contributed by atoms with Crippen molar-refractivity contribution in [2.45, 2.75) is 78.4 Å². The zero-order valence-electron chi connectivity index (χ0n) is 22.2. The number of hydrogen-bond acceptors (Lipinski definition) is 3. The third-order valence-corrected chi connectivity index (χ3v) is 9.14. The summed E-state index contributed by atoms with van der Waals surface area (Å²) >= 11 is 0. The van der Waals surface area contributed by atoms with Crippen LogP contribution < -0.4 is 0 Å². The summed E-state index contributed by atoms with van der Waals surface area (Å²) in [4.78, 5) is 28.3. The summed E-state index contributed by atoms with van der Waals surface area (Å²) in [5.74, 6) is 0.846. The van der Waals surface area contributed by atoms with Crippen molar-refractivity contribution < 1.29 is 19.4 Å². The molecule has 36 heavy (non-hydrogen) atoms. The molecular formula is C31H43NO4. The van der Waals surface area contributed by atoms with Gasteiger partial charge in [-0.3, -0.25) is 9.59 Å². The number of carbonyl (C=O) groups is 2. The van der Waals surface area contributed by atoms with Crippen LogP contribution in [0, 0.1) is 41.4 Å². The highest BCUT2D eigenvalue weighted by molar-refractivity contribution is 5.97. The molecule has 0 bridgehead atoms. The first-order chi connectivity index (χ1) is 17.3. The highest BCUT2D eigenvalue weighted by Gasteiger charge is 2.45. The Hall–Kier alpha value is -2.40. The van der Waals surface area contributed by atoms with Crippen LogP contribution in [-0.4, -0.2) is 34.1 Å². The second-order valence-electron chi connectivity index (χ2n) is 11.2. The Morgan fingerprint density at radius 2 is 2.00 bits per heavy atom. The first-order valence-corrected chi connectivity index (χ1v) is 14.0. The maximum atomic E-state index is 13.6. The Morgan fingerprint density at radius 1 is 1.19 bits per heavy atom. The Morgan fingerprint density at radius 3 is 2.67 bits per heavy atom. The molecule has 1 aliphatic heterocycles. The van der Waals surface area contributed by atoms with Crippen molar-refractivity contribution >= 4 is 11.8 Å². The van der Waals surface area contributed by atoms with Crippen LogP contribution >= 0.6 is 0 Å². The molecule has 0 spiro atoms. The number of H-pyrrole nitrogens is 1. The molecule has 1 aromatic heterocycles. The average Bonchev–Trinajstić information content (AvgIpc) is 3.56. The summed E-state index contributed by atoms with van der Waals surface area (Å²) in [7, 11) is 0. The van der Waals surface area contributed by atoms with E-state index in [1.807, 2.05) is 18.3 Å². The number of aromatic amines is 1. The van der Waals surface area contributed by atoms with Gasteiger partial charge in [-0.1, -0.05) is 57.6 Å². The fraction of sp³-hybridized carbons (Fsp3) is 0.613. The van der Waals surface area contributed by atoms with Crippen LogP contribution in [0.1, 0.15) is 76.7 Å². The van der Waals surface area contributed by atoms with Crippen LogP contribution in [0.15, 0.2) is 54.3 Å². The Kier molecular flexibility index (Phi) is 8.71. The average molecular weight is 494 g/mol. The van der Waals surface area contributed by atoms with Crippen LogP contribution in [0.4, 0.5) is 0 Å². The number of rotatable bonds is 9. The van der Waals surface area contributed by atoms with E-state index in [0.29, 0.717) is 29.4 Å². The number of nitrogens with one attached hydrogen (secondary N) is 1. The predicted octanol–water partition coefficient (Wildman–Crippen LogP) is 6.85. The fourth-order valence-electron chi connectivity index (χ4n) is 6.88. The summed E-state index contributed by atoms with van der Waals surface area (Å²) in [6.07, 6.45) is 18.7. The van der Waals surface area contributed by atoms with Crippen molar-refractivity contribution in [1.82, 2.24) is 4.98 Å². The van der Waals surface area contributed by atoms with Crippen LogP contribution in [0.5, 0.6) is 0 Å². The number of carboxylic acids is 1. The third-order valence-electron chi connectivity index (χ3n) is 9.14. The summed E-state index contributed by atoms with van der Waals surface area (Å²) in [6.45, 7) is 8.33. The van der Waals surface area contributed by atoms with Gasteiger partial charge < -0.3 is 14.8 Å². The van der Waals surface area contributed by atoms with E-state index in [0.717, 1.165) is 25.7 Å². The second-order valence-corrected chi connectivity index (χ2v) is 11.2. The van der Waals surface area contributed by atoms with Crippen LogP contribution in [0.3, 0.4) is 0 Å². The molecule has 1 saturated heterocycles. The minimum atomic E-state index is -0.799. The minimum Gasteiger partial charge on any atom is -0.481 e. The molecule has 9 atom stereocenters. The van der Waals surface area contributed by atoms with Crippen LogP contribution in [0.25, 0.3) is 0 Å². The fourth-order valence-corrected chi connectivity index (χ4v) is 6.88. The first-order valence-electron chi connectivity index (χ1n) is 14.0. The summed E-state index contributed by atoms with van der Waals surface area (Å²) in [5.41, 5.74) is 1.90. The maximum Gasteiger partial charge on any atom is 0.308 e. The minimum absolute atomic E-state index is 0.0458. The molecule has 2 aliphatic carbocycles. The SMILES string of the molecule is CCC(=CC=CC1C=C[C@@H]2[C@@H](CC)CC[C@H]2[C@H]1C(=O)c1ccc[nH]1)[C@@H]1O[C@@H]([C@@H](C)C(=O)O)CC[C@@H]1C. The molecule has 4 rings (SSSR count). The maximum absolute atomic E-state index is 13.6. The van der Waals surface area contributed by atoms with E-state index in [-0.39, 0.29) is 29.8 Å². The number of ketones is 1. The number of aliphatic carboxylic acids is 1. The molecular weight excluding hydrogens is 450 g/mol. The van der Waals surface area contributed by atoms with Crippen molar-refractivity contribution in [2.75, 3.05) is 0 Å². The van der Waals surface area contributed by atoms with Crippen molar-refractivity contribution in [3.8, 4) is 0 Å². The molecule has 1 aromatic rings. The zero-order valence-corrected chi connectivity index (χ0v) is 22.2. The van der Waals surface area contributed by atoms with Gasteiger partial charge in [0.25, 0.3) is 0 Å². The quantitative estimate of drug-likeness (QED) is 0.224. The Balaban J connectivity index is 1.55. The highest BCUT2D eigenvalue weighted by atomic mass is 16.5. The molecule has 2 fully saturated rings. The largest absolute Gasteiger partial charge is 0.481 e. The summed E-state index contributed by atoms with van der Waals surface area (Å²) in [6, 6.07) is 3.80. The van der Waals surface area contributed by atoms with Gasteiger partial charge in [0.15, 0.2) is 5.78 Å². The zero-order chi connectivity index (χ0) is 25.8. The van der Waals surface area contributed by atoms with Gasteiger partial charge in [0, 0.05) is 18.0 Å². The van der Waals surface area contributed by atoms with Crippen LogP contribution in [0.2, 0.25) is 0 Å². The van der Waals surface area contributed by atoms with E-state index in [1.165, 1.54) is 18.4 Å². The lowest BCUT2D eigenvalue weighted by Gasteiger charge is -2.38. The van der Waals surface area contributed by atoms with Crippen molar-refractivity contribution in [1.29, 1.82) is 0 Å². The Bertz CT molecular complexity index is 990. The molecule has 3 aliphatic rings. The number of hydrogen-bond donors (Lipinski definition) is 2. The number of carbonyl (C=O) groups excluding carboxylic acids is 1. The van der Waals surface area contributed by atoms with E-state index in [9.17, 15) is 14.7 Å². The molecule has 1 saturated carbocycles. The topological polar surface area (TPSA) is 79.4 Å². The number of fused-ring (bicyclic) bond motifs is 1. The van der Waals surface area contributed by atoms with Gasteiger partial charge in [0.05, 0.1) is 23.8 Å². The molecule has 0 aromatic carbocycles. The van der Waals surface area contributed by atoms with Gasteiger partial charge in [-0.15, -0.1) is 0 Å². The van der Waals surface area contributed by atoms with Crippen molar-refractivity contribution in [3.63, 3.8) is 0 Å². The molecule has 0 amide bonds. The Labute approximate surface area is 216 Å². The van der Waals surface area contributed by atoms with E-state index < -0.39 is 11.9 Å². The highest BCUT2D eigenvalue weighted by Crippen LogP contribution is 2.49. The van der Waals surface area contributed by atoms with Gasteiger partial charge in [-0.25, -0.2) is 0 Å². The first kappa shape index (κ1) is 26.7. The van der Waals surface area contributed by atoms with Crippen LogP contribution in [-0.2, 0) is 9.53 Å². The number of Topliss-reactive ketones (excluding diaryl/α,β-unsaturated/α-hetero) is 1. The molecule has 2 heterocycles. The number of carboxylic acid groups (broad SMARTS) is 1. The molecule has 1 unspecified atom stereocenters. The lowest BCUT2D eigenvalue weighted by molar-refractivity contribution is -0.152. The number of ether oxygens (including phenoxy) is 1. The summed E-state index contributed by atoms with van der Waals surface area (Å²) < 4.78 is 6.35. The lowest BCUT2D eigenvalue weighted by atomic mass is 9.68. The normalized spacial score (nSPS) is 35.6. The number of aromatic nitrogens is 1. The van der Waals surface area contributed by atoms with E-state index in [1.54, 1.807) is 6.92 Å². The van der Waals surface area contributed by atoms with Gasteiger partial charge in [0.1, 0.15) is 0 Å². The molecule has 0 radical (unpaired) electrons. The molecule has 196 valence electrons. The lowest BCUT2D eigenvalue weighted by Crippen LogP contribution is -2.40. The van der Waals surface area contributed by atoms with E-state index in [2.05, 4.69) is 56.1 Å². The smallest absolute Gasteiger partial charge is 0.308 e. The van der Waals surface area contributed by atoms with E-state index in [4.69, 9.17) is 4.74 Å². The molecule has 2 N–H and O–H groups in total. The van der Waals surface area contributed by atoms with Crippen molar-refractivity contribution in [3.05, 3.63) is 60.0 Å². The van der Waals surface area contributed by atoms with Gasteiger partial charge in [-0.2, -0.15) is 0 Å². The number of allylic oxidation sites excluding steroid dienone is 5. The monoisotopic (exact) mass is 493 g/mol. The van der Waals surface area contributed by atoms with Gasteiger partial charge in [-0.05, 0) is 80.4 Å². The van der Waals surface area contributed by atoms with Gasteiger partial charge in [0.2, 0.25) is 0 Å². The van der Waals surface area contributed by atoms with E-state index >= 15 is 0 Å². The summed E-state index contributed by atoms with van der Waals surface area (Å²) in [5, 5.41) is 9.46. The third kappa shape index (κ3) is 5.46. The second kappa shape index (κ2) is 11.8. The molecule has 5 nitrogen and oxygen atoms in total. The molecule has 5 heteroatoms. The predicted molar refractivity (Wildman–Crippen MR) is 143 cm³/mol. The van der Waals surface area contributed by atoms with Crippen molar-refractivity contribution in [2.24, 2.45) is 41.4 Å². The standard InChI is InChI=1S/C31H43NO4/c1-5-21-13-16-25-24(21)15-14-23(28(25)29(33)26-11-8-18-32-26)10-7-9-22(6-2)30-19(3)12-17-27(36-30)20(4)31(34)35/h7-11,14-15,18-21,23-25,27-28,30,32H,5-6,12-13,16-17H2,1-4H3,(H,34,35)/t19-,20+,21-,23?,24+,25+,27+,28-,30+/m0/s1.